The molecule has 2 aromatic heterocycles. The zero-order valence-corrected chi connectivity index (χ0v) is 12.5. The van der Waals surface area contributed by atoms with Gasteiger partial charge in [0.25, 0.3) is 0 Å². The Bertz CT molecular complexity index is 832. The van der Waals surface area contributed by atoms with Crippen LogP contribution in [0.15, 0.2) is 36.7 Å². The number of aromatic nitrogens is 5. The van der Waals surface area contributed by atoms with Crippen LogP contribution in [-0.2, 0) is 19.8 Å². The van der Waals surface area contributed by atoms with Gasteiger partial charge in [-0.2, -0.15) is 13.2 Å². The molecule has 0 radical (unpaired) electrons. The fourth-order valence-corrected chi connectivity index (χ4v) is 2.27. The first-order valence-corrected chi connectivity index (χ1v) is 6.90. The van der Waals surface area contributed by atoms with Crippen molar-refractivity contribution in [2.45, 2.75) is 19.6 Å². The summed E-state index contributed by atoms with van der Waals surface area (Å²) in [7, 11) is 1.84. The lowest BCUT2D eigenvalue weighted by Gasteiger charge is -2.10. The average molecular weight is 321 g/mol. The second-order valence-corrected chi connectivity index (χ2v) is 5.18. The minimum atomic E-state index is -4.38. The van der Waals surface area contributed by atoms with Crippen LogP contribution >= 0.6 is 0 Å². The number of aryl methyl sites for hydroxylation is 1. The molecule has 120 valence electrons. The highest BCUT2D eigenvalue weighted by Gasteiger charge is 2.30. The number of hydrogen-bond donors (Lipinski definition) is 0. The molecular weight excluding hydrogens is 307 g/mol. The van der Waals surface area contributed by atoms with Crippen LogP contribution in [0.3, 0.4) is 0 Å². The van der Waals surface area contributed by atoms with Gasteiger partial charge in [0, 0.05) is 25.0 Å². The van der Waals surface area contributed by atoms with E-state index in [4.69, 9.17) is 0 Å². The van der Waals surface area contributed by atoms with Crippen molar-refractivity contribution in [3.05, 3.63) is 53.9 Å². The molecule has 0 fully saturated rings. The van der Waals surface area contributed by atoms with E-state index in [1.165, 1.54) is 6.07 Å². The highest BCUT2D eigenvalue weighted by atomic mass is 19.4. The molecule has 0 N–H and O–H groups in total. The van der Waals surface area contributed by atoms with Crippen molar-refractivity contribution in [2.24, 2.45) is 7.05 Å². The number of imidazole rings is 1. The molecule has 3 rings (SSSR count). The molecule has 0 amide bonds. The zero-order valence-electron chi connectivity index (χ0n) is 12.5. The third kappa shape index (κ3) is 2.96. The van der Waals surface area contributed by atoms with Crippen molar-refractivity contribution in [1.29, 1.82) is 0 Å². The molecular formula is C15H14F3N5. The number of benzene rings is 1. The van der Waals surface area contributed by atoms with Crippen LogP contribution < -0.4 is 0 Å². The van der Waals surface area contributed by atoms with Gasteiger partial charge in [0.2, 0.25) is 0 Å². The van der Waals surface area contributed by atoms with E-state index in [1.807, 2.05) is 18.5 Å². The summed E-state index contributed by atoms with van der Waals surface area (Å²) in [4.78, 5) is 4.18. The average Bonchev–Trinajstić information content (AvgIpc) is 3.09. The van der Waals surface area contributed by atoms with Gasteiger partial charge >= 0.3 is 6.18 Å². The van der Waals surface area contributed by atoms with Gasteiger partial charge in [-0.3, -0.25) is 0 Å². The third-order valence-corrected chi connectivity index (χ3v) is 3.66. The summed E-state index contributed by atoms with van der Waals surface area (Å²) in [6, 6.07) is 5.13. The second-order valence-electron chi connectivity index (χ2n) is 5.18. The first-order valence-electron chi connectivity index (χ1n) is 6.90. The van der Waals surface area contributed by atoms with Gasteiger partial charge in [-0.1, -0.05) is 12.1 Å². The Morgan fingerprint density at radius 2 is 1.96 bits per heavy atom. The minimum Gasteiger partial charge on any atom is -0.323 e. The van der Waals surface area contributed by atoms with E-state index in [0.717, 1.165) is 18.0 Å². The molecule has 0 saturated heterocycles. The Hall–Kier alpha value is -2.64. The first kappa shape index (κ1) is 15.3. The van der Waals surface area contributed by atoms with Crippen molar-refractivity contribution in [3.8, 4) is 11.4 Å². The number of alkyl halides is 3. The van der Waals surface area contributed by atoms with E-state index in [1.54, 1.807) is 23.0 Å². The van der Waals surface area contributed by atoms with Crippen LogP contribution in [0.2, 0.25) is 0 Å². The molecule has 2 heterocycles. The Morgan fingerprint density at radius 1 is 1.17 bits per heavy atom. The summed E-state index contributed by atoms with van der Waals surface area (Å²) in [5, 5.41) is 8.04. The maximum Gasteiger partial charge on any atom is 0.416 e. The predicted octanol–water partition coefficient (Wildman–Crippen LogP) is 3.05. The fraction of sp³-hybridized carbons (Fsp3) is 0.267. The van der Waals surface area contributed by atoms with Gasteiger partial charge in [-0.15, -0.1) is 10.2 Å². The lowest BCUT2D eigenvalue weighted by Crippen LogP contribution is -2.08. The summed E-state index contributed by atoms with van der Waals surface area (Å²) in [5.41, 5.74) is -0.289. The number of nitrogens with zero attached hydrogens (tertiary/aromatic N) is 5. The van der Waals surface area contributed by atoms with Crippen LogP contribution in [0.4, 0.5) is 13.2 Å². The maximum atomic E-state index is 12.9. The number of hydrogen-bond acceptors (Lipinski definition) is 3. The van der Waals surface area contributed by atoms with Crippen molar-refractivity contribution in [2.75, 3.05) is 0 Å². The molecule has 0 aliphatic heterocycles. The SMILES string of the molecule is Cc1nnc(Cn2ccnc2-c2cccc(C(F)(F)F)c2)n1C. The van der Waals surface area contributed by atoms with Crippen LogP contribution in [0.1, 0.15) is 17.2 Å². The van der Waals surface area contributed by atoms with Crippen LogP contribution in [0.25, 0.3) is 11.4 Å². The molecule has 1 aromatic carbocycles. The van der Waals surface area contributed by atoms with Crippen LogP contribution in [0.5, 0.6) is 0 Å². The topological polar surface area (TPSA) is 48.5 Å². The van der Waals surface area contributed by atoms with E-state index in [0.29, 0.717) is 23.8 Å². The van der Waals surface area contributed by atoms with Gasteiger partial charge in [0.1, 0.15) is 11.6 Å². The number of rotatable bonds is 3. The molecule has 3 aromatic rings. The van der Waals surface area contributed by atoms with Crippen molar-refractivity contribution in [1.82, 2.24) is 24.3 Å². The smallest absolute Gasteiger partial charge is 0.323 e. The van der Waals surface area contributed by atoms with E-state index in [2.05, 4.69) is 15.2 Å². The summed E-state index contributed by atoms with van der Waals surface area (Å²) in [6.45, 7) is 2.21. The van der Waals surface area contributed by atoms with E-state index < -0.39 is 11.7 Å². The quantitative estimate of drug-likeness (QED) is 0.745. The van der Waals surface area contributed by atoms with Gasteiger partial charge in [-0.25, -0.2) is 4.98 Å². The Balaban J connectivity index is 1.97. The fourth-order valence-electron chi connectivity index (χ4n) is 2.27. The Labute approximate surface area is 130 Å². The monoisotopic (exact) mass is 321 g/mol. The normalized spacial score (nSPS) is 11.9. The third-order valence-electron chi connectivity index (χ3n) is 3.66. The molecule has 5 nitrogen and oxygen atoms in total. The van der Waals surface area contributed by atoms with Gasteiger partial charge in [-0.05, 0) is 19.1 Å². The van der Waals surface area contributed by atoms with E-state index >= 15 is 0 Å². The van der Waals surface area contributed by atoms with E-state index in [9.17, 15) is 13.2 Å². The van der Waals surface area contributed by atoms with Gasteiger partial charge < -0.3 is 9.13 Å². The van der Waals surface area contributed by atoms with Crippen molar-refractivity contribution >= 4 is 0 Å². The molecule has 0 aliphatic carbocycles. The number of halogens is 3. The maximum absolute atomic E-state index is 12.9. The molecule has 0 bridgehead atoms. The summed E-state index contributed by atoms with van der Waals surface area (Å²) in [6.07, 6.45) is -1.12. The van der Waals surface area contributed by atoms with E-state index in [-0.39, 0.29) is 0 Å². The Kier molecular flexibility index (Phi) is 3.67. The minimum absolute atomic E-state index is 0.378. The molecule has 0 saturated carbocycles. The summed E-state index contributed by atoms with van der Waals surface area (Å²) in [5.74, 6) is 1.92. The van der Waals surface area contributed by atoms with Gasteiger partial charge in [0.15, 0.2) is 5.82 Å². The molecule has 0 aliphatic rings. The molecule has 0 spiro atoms. The van der Waals surface area contributed by atoms with Crippen molar-refractivity contribution in [3.63, 3.8) is 0 Å². The largest absolute Gasteiger partial charge is 0.416 e. The standard InChI is InChI=1S/C15H14F3N5/c1-10-20-21-13(22(10)2)9-23-7-6-19-14(23)11-4-3-5-12(8-11)15(16,17)18/h3-8H,9H2,1-2H3. The predicted molar refractivity (Wildman–Crippen MR) is 77.5 cm³/mol. The molecule has 0 unspecified atom stereocenters. The zero-order chi connectivity index (χ0) is 16.6. The van der Waals surface area contributed by atoms with Crippen LogP contribution in [-0.4, -0.2) is 24.3 Å². The van der Waals surface area contributed by atoms with Crippen molar-refractivity contribution < 1.29 is 13.2 Å². The van der Waals surface area contributed by atoms with Crippen LogP contribution in [0, 0.1) is 6.92 Å². The van der Waals surface area contributed by atoms with Gasteiger partial charge in [0.05, 0.1) is 12.1 Å². The first-order chi connectivity index (χ1) is 10.9. The lowest BCUT2D eigenvalue weighted by atomic mass is 10.1. The molecule has 0 atom stereocenters. The lowest BCUT2D eigenvalue weighted by molar-refractivity contribution is -0.137. The molecule has 23 heavy (non-hydrogen) atoms. The Morgan fingerprint density at radius 3 is 2.61 bits per heavy atom. The molecule has 8 heteroatoms. The summed E-state index contributed by atoms with van der Waals surface area (Å²) < 4.78 is 42.2. The second kappa shape index (κ2) is 5.53. The highest BCUT2D eigenvalue weighted by Crippen LogP contribution is 2.31. The summed E-state index contributed by atoms with van der Waals surface area (Å²) >= 11 is 0. The highest BCUT2D eigenvalue weighted by molar-refractivity contribution is 5.57.